The number of hydrogen-bond donors (Lipinski definition) is 2. The van der Waals surface area contributed by atoms with Gasteiger partial charge in [0.25, 0.3) is 0 Å². The van der Waals surface area contributed by atoms with Crippen molar-refractivity contribution < 1.29 is 18.7 Å². The van der Waals surface area contributed by atoms with E-state index in [2.05, 4.69) is 42.5 Å². The molecule has 2 N–H and O–H groups in total. The number of carbonyl (C=O) groups excluding carboxylic acids is 1. The van der Waals surface area contributed by atoms with Crippen LogP contribution in [0.4, 0.5) is 21.6 Å². The SMILES string of the molecule is CN1CCCC1/C=C/C(=O)Nc1cc2c(Nc3ccc4c(cnn4Cc4cccc(F)c4)c3)ncnc2cc1OCCCN1CCOCC1. The number of benzene rings is 3. The van der Waals surface area contributed by atoms with Gasteiger partial charge in [0.2, 0.25) is 5.91 Å². The lowest BCUT2D eigenvalue weighted by atomic mass is 10.1. The molecule has 11 nitrogen and oxygen atoms in total. The molecule has 0 aliphatic carbocycles. The summed E-state index contributed by atoms with van der Waals surface area (Å²) < 4.78 is 27.3. The molecule has 1 amide bonds. The van der Waals surface area contributed by atoms with Gasteiger partial charge >= 0.3 is 0 Å². The first-order valence-corrected chi connectivity index (χ1v) is 16.9. The van der Waals surface area contributed by atoms with Gasteiger partial charge in [0.15, 0.2) is 0 Å². The van der Waals surface area contributed by atoms with E-state index < -0.39 is 0 Å². The van der Waals surface area contributed by atoms with E-state index in [9.17, 15) is 9.18 Å². The van der Waals surface area contributed by atoms with Gasteiger partial charge in [-0.05, 0) is 74.8 Å². The van der Waals surface area contributed by atoms with Gasteiger partial charge in [-0.3, -0.25) is 19.3 Å². The zero-order valence-electron chi connectivity index (χ0n) is 27.6. The molecule has 1 unspecified atom stereocenters. The van der Waals surface area contributed by atoms with Crippen molar-refractivity contribution in [2.24, 2.45) is 0 Å². The Kier molecular flexibility index (Phi) is 10.1. The highest BCUT2D eigenvalue weighted by molar-refractivity contribution is 6.03. The first kappa shape index (κ1) is 32.6. The van der Waals surface area contributed by atoms with Crippen molar-refractivity contribution in [3.05, 3.63) is 90.7 Å². The molecule has 2 aromatic heterocycles. The van der Waals surface area contributed by atoms with E-state index in [1.165, 1.54) is 18.5 Å². The van der Waals surface area contributed by atoms with Crippen LogP contribution in [0.1, 0.15) is 24.8 Å². The summed E-state index contributed by atoms with van der Waals surface area (Å²) in [7, 11) is 2.08. The highest BCUT2D eigenvalue weighted by atomic mass is 19.1. The fraction of sp³-hybridized carbons (Fsp3) is 0.351. The molecule has 0 radical (unpaired) electrons. The smallest absolute Gasteiger partial charge is 0.248 e. The van der Waals surface area contributed by atoms with Crippen molar-refractivity contribution in [3.63, 3.8) is 0 Å². The summed E-state index contributed by atoms with van der Waals surface area (Å²) in [6.45, 7) is 6.28. The van der Waals surface area contributed by atoms with Crippen LogP contribution in [0.5, 0.6) is 5.75 Å². The zero-order valence-corrected chi connectivity index (χ0v) is 27.6. The van der Waals surface area contributed by atoms with Crippen LogP contribution in [0.3, 0.4) is 0 Å². The van der Waals surface area contributed by atoms with E-state index in [0.717, 1.165) is 86.2 Å². The second kappa shape index (κ2) is 15.1. The summed E-state index contributed by atoms with van der Waals surface area (Å²) in [6, 6.07) is 16.5. The zero-order chi connectivity index (χ0) is 33.6. The van der Waals surface area contributed by atoms with Gasteiger partial charge in [-0.15, -0.1) is 0 Å². The number of carbonyl (C=O) groups is 1. The van der Waals surface area contributed by atoms with Gasteiger partial charge in [0.05, 0.1) is 49.3 Å². The number of likely N-dealkylation sites (tertiary alicyclic amines) is 1. The van der Waals surface area contributed by atoms with Gasteiger partial charge in [0, 0.05) is 54.3 Å². The number of hydrogen-bond acceptors (Lipinski definition) is 9. The molecule has 3 aromatic carbocycles. The summed E-state index contributed by atoms with van der Waals surface area (Å²) >= 11 is 0. The molecule has 5 aromatic rings. The Labute approximate surface area is 284 Å². The average molecular weight is 665 g/mol. The Morgan fingerprint density at radius 1 is 1.10 bits per heavy atom. The molecule has 2 fully saturated rings. The Bertz CT molecular complexity index is 1960. The van der Waals surface area contributed by atoms with E-state index in [-0.39, 0.29) is 17.8 Å². The van der Waals surface area contributed by atoms with Crippen molar-refractivity contribution in [3.8, 4) is 5.75 Å². The second-order valence-corrected chi connectivity index (χ2v) is 12.6. The van der Waals surface area contributed by atoms with Crippen LogP contribution < -0.4 is 15.4 Å². The Hall–Kier alpha value is -4.91. The second-order valence-electron chi connectivity index (χ2n) is 12.6. The van der Waals surface area contributed by atoms with Crippen LogP contribution in [0.25, 0.3) is 21.8 Å². The molecule has 0 bridgehead atoms. The largest absolute Gasteiger partial charge is 0.491 e. The molecular formula is C37H41FN8O3. The standard InChI is InChI=1S/C37H41FN8O3/c1-44-12-3-7-30(44)9-11-36(47)43-33-21-31-32(22-35(33)49-16-4-13-45-14-17-48-18-15-45)39-25-40-37(31)42-29-8-10-34-27(20-29)23-41-46(34)24-26-5-2-6-28(38)19-26/h2,5-6,8-11,19-23,25,30H,3-4,7,12-18,24H2,1H3,(H,43,47)(H,39,40,42)/b11-9+. The normalized spacial score (nSPS) is 17.3. The number of nitrogens with one attached hydrogen (secondary N) is 2. The van der Waals surface area contributed by atoms with Gasteiger partial charge < -0.3 is 20.1 Å². The molecule has 2 saturated heterocycles. The number of fused-ring (bicyclic) bond motifs is 2. The predicted octanol–water partition coefficient (Wildman–Crippen LogP) is 5.60. The van der Waals surface area contributed by atoms with E-state index in [1.54, 1.807) is 18.3 Å². The molecule has 0 spiro atoms. The number of amides is 1. The number of nitrogens with zero attached hydrogens (tertiary/aromatic N) is 6. The molecule has 12 heteroatoms. The molecule has 49 heavy (non-hydrogen) atoms. The molecule has 1 atom stereocenters. The van der Waals surface area contributed by atoms with Crippen LogP contribution in [0.2, 0.25) is 0 Å². The summed E-state index contributed by atoms with van der Waals surface area (Å²) in [6.07, 6.45) is 9.91. The molecule has 2 aliphatic rings. The summed E-state index contributed by atoms with van der Waals surface area (Å²) in [4.78, 5) is 26.9. The molecular weight excluding hydrogens is 623 g/mol. The van der Waals surface area contributed by atoms with E-state index in [4.69, 9.17) is 9.47 Å². The third-order valence-electron chi connectivity index (χ3n) is 9.15. The van der Waals surface area contributed by atoms with Gasteiger partial charge in [-0.2, -0.15) is 5.10 Å². The molecule has 2 aliphatic heterocycles. The van der Waals surface area contributed by atoms with Gasteiger partial charge in [-0.25, -0.2) is 14.4 Å². The molecule has 7 rings (SSSR count). The third kappa shape index (κ3) is 8.05. The maximum atomic E-state index is 13.7. The predicted molar refractivity (Wildman–Crippen MR) is 189 cm³/mol. The van der Waals surface area contributed by atoms with Crippen LogP contribution >= 0.6 is 0 Å². The number of ether oxygens (including phenoxy) is 2. The highest BCUT2D eigenvalue weighted by Crippen LogP contribution is 2.34. The topological polar surface area (TPSA) is 110 Å². The van der Waals surface area contributed by atoms with E-state index in [1.807, 2.05) is 47.2 Å². The summed E-state index contributed by atoms with van der Waals surface area (Å²) in [5, 5.41) is 12.7. The monoisotopic (exact) mass is 664 g/mol. The van der Waals surface area contributed by atoms with Crippen LogP contribution in [0, 0.1) is 5.82 Å². The first-order chi connectivity index (χ1) is 24.0. The fourth-order valence-electron chi connectivity index (χ4n) is 6.48. The lowest BCUT2D eigenvalue weighted by Crippen LogP contribution is -2.37. The van der Waals surface area contributed by atoms with Crippen molar-refractivity contribution in [1.82, 2.24) is 29.5 Å². The van der Waals surface area contributed by atoms with Crippen LogP contribution in [0.15, 0.2) is 79.3 Å². The maximum absolute atomic E-state index is 13.7. The summed E-state index contributed by atoms with van der Waals surface area (Å²) in [5.41, 5.74) is 3.82. The molecule has 4 heterocycles. The minimum atomic E-state index is -0.268. The van der Waals surface area contributed by atoms with E-state index >= 15 is 0 Å². The first-order valence-electron chi connectivity index (χ1n) is 16.9. The number of halogens is 1. The van der Waals surface area contributed by atoms with Crippen LogP contribution in [-0.4, -0.2) is 94.5 Å². The number of anilines is 3. The average Bonchev–Trinajstić information content (AvgIpc) is 3.71. The van der Waals surface area contributed by atoms with Gasteiger partial charge in [-0.1, -0.05) is 18.2 Å². The van der Waals surface area contributed by atoms with Crippen molar-refractivity contribution >= 4 is 44.9 Å². The fourth-order valence-corrected chi connectivity index (χ4v) is 6.48. The van der Waals surface area contributed by atoms with Gasteiger partial charge in [0.1, 0.15) is 23.7 Å². The molecule has 0 saturated carbocycles. The van der Waals surface area contributed by atoms with Crippen molar-refractivity contribution in [1.29, 1.82) is 0 Å². The maximum Gasteiger partial charge on any atom is 0.248 e. The Morgan fingerprint density at radius 2 is 2.00 bits per heavy atom. The number of morpholine rings is 1. The number of likely N-dealkylation sites (N-methyl/N-ethyl adjacent to an activating group) is 1. The third-order valence-corrected chi connectivity index (χ3v) is 9.15. The number of aromatic nitrogens is 4. The van der Waals surface area contributed by atoms with Crippen molar-refractivity contribution in [2.75, 3.05) is 63.7 Å². The summed E-state index contributed by atoms with van der Waals surface area (Å²) in [5.74, 6) is 0.668. The van der Waals surface area contributed by atoms with Crippen molar-refractivity contribution in [2.45, 2.75) is 31.8 Å². The minimum absolute atomic E-state index is 0.218. The Balaban J connectivity index is 1.11. The van der Waals surface area contributed by atoms with Crippen LogP contribution in [-0.2, 0) is 16.1 Å². The molecule has 254 valence electrons. The Morgan fingerprint density at radius 3 is 2.84 bits per heavy atom. The minimum Gasteiger partial charge on any atom is -0.491 e. The highest BCUT2D eigenvalue weighted by Gasteiger charge is 2.19. The lowest BCUT2D eigenvalue weighted by molar-refractivity contribution is -0.112. The quantitative estimate of drug-likeness (QED) is 0.130. The van der Waals surface area contributed by atoms with E-state index in [0.29, 0.717) is 35.9 Å². The number of rotatable bonds is 12. The lowest BCUT2D eigenvalue weighted by Gasteiger charge is -2.26.